The molecule has 0 N–H and O–H groups in total. The molecule has 0 aliphatic rings. The summed E-state index contributed by atoms with van der Waals surface area (Å²) in [5, 5.41) is 10.5. The molecule has 0 atom stereocenters. The number of rotatable bonds is 4. The minimum atomic E-state index is -4.59. The summed E-state index contributed by atoms with van der Waals surface area (Å²) in [7, 11) is 0.234. The molecular weight excluding hydrogens is 303 g/mol. The van der Waals surface area contributed by atoms with E-state index in [4.69, 9.17) is 10.7 Å². The second-order valence-electron chi connectivity index (χ2n) is 2.80. The Morgan fingerprint density at radius 3 is 2.33 bits per heavy atom. The van der Waals surface area contributed by atoms with E-state index in [0.29, 0.717) is 12.1 Å². The van der Waals surface area contributed by atoms with E-state index in [-0.39, 0.29) is 0 Å². The van der Waals surface area contributed by atoms with Gasteiger partial charge in [0.1, 0.15) is 4.90 Å². The van der Waals surface area contributed by atoms with Crippen molar-refractivity contribution in [1.82, 2.24) is 0 Å². The van der Waals surface area contributed by atoms with Crippen molar-refractivity contribution in [3.63, 3.8) is 0 Å². The Bertz CT molecular complexity index is 591. The average molecular weight is 306 g/mol. The Balaban J connectivity index is 3.53. The predicted molar refractivity (Wildman–Crippen MR) is 52.7 cm³/mol. The van der Waals surface area contributed by atoms with Gasteiger partial charge >= 0.3 is 12.3 Å². The topological polar surface area (TPSA) is 86.5 Å². The minimum Gasteiger partial charge on any atom is -0.427 e. The molecule has 100 valence electrons. The van der Waals surface area contributed by atoms with Crippen LogP contribution in [-0.2, 0) is 9.05 Å². The molecule has 1 aromatic rings. The van der Waals surface area contributed by atoms with Gasteiger partial charge in [-0.3, -0.25) is 10.1 Å². The second kappa shape index (κ2) is 4.98. The van der Waals surface area contributed by atoms with Crippen molar-refractivity contribution in [1.29, 1.82) is 0 Å². The fourth-order valence-electron chi connectivity index (χ4n) is 1.08. The standard InChI is InChI=1S/C7H3ClF3NO5S/c8-18(15,16)4-2-1-3(17-7(10)11)6(5(4)9)12(13)14/h1-2,7H. The Hall–Kier alpha value is -1.55. The summed E-state index contributed by atoms with van der Waals surface area (Å²) in [6.07, 6.45) is 0. The molecule has 0 saturated carbocycles. The fourth-order valence-corrected chi connectivity index (χ4v) is 1.98. The Morgan fingerprint density at radius 2 is 1.94 bits per heavy atom. The lowest BCUT2D eigenvalue weighted by Gasteiger charge is -2.07. The minimum absolute atomic E-state index is 0.488. The molecule has 0 aromatic heterocycles. The first-order valence-corrected chi connectivity index (χ1v) is 6.32. The SMILES string of the molecule is O=[N+]([O-])c1c(OC(F)F)ccc(S(=O)(=O)Cl)c1F. The van der Waals surface area contributed by atoms with Crippen LogP contribution in [-0.4, -0.2) is 20.0 Å². The van der Waals surface area contributed by atoms with Crippen LogP contribution in [0.4, 0.5) is 18.9 Å². The molecule has 0 saturated heterocycles. The molecule has 1 rings (SSSR count). The van der Waals surface area contributed by atoms with Gasteiger partial charge in [-0.05, 0) is 12.1 Å². The first-order valence-electron chi connectivity index (χ1n) is 4.01. The molecule has 0 aliphatic carbocycles. The van der Waals surface area contributed by atoms with Crippen LogP contribution in [0.3, 0.4) is 0 Å². The van der Waals surface area contributed by atoms with Crippen molar-refractivity contribution in [2.45, 2.75) is 11.5 Å². The van der Waals surface area contributed by atoms with Gasteiger partial charge in [-0.1, -0.05) is 0 Å². The molecule has 0 fully saturated rings. The molecule has 6 nitrogen and oxygen atoms in total. The zero-order chi connectivity index (χ0) is 14.1. The monoisotopic (exact) mass is 305 g/mol. The van der Waals surface area contributed by atoms with Gasteiger partial charge in [-0.15, -0.1) is 0 Å². The zero-order valence-corrected chi connectivity index (χ0v) is 9.71. The van der Waals surface area contributed by atoms with E-state index in [9.17, 15) is 31.7 Å². The first kappa shape index (κ1) is 14.5. The normalized spacial score (nSPS) is 11.6. The number of nitrogens with zero attached hydrogens (tertiary/aromatic N) is 1. The third-order valence-electron chi connectivity index (χ3n) is 1.71. The van der Waals surface area contributed by atoms with Crippen LogP contribution in [0, 0.1) is 15.9 Å². The molecule has 0 heterocycles. The van der Waals surface area contributed by atoms with Crippen LogP contribution in [0.15, 0.2) is 17.0 Å². The summed E-state index contributed by atoms with van der Waals surface area (Å²) in [5.74, 6) is -2.97. The smallest absolute Gasteiger partial charge is 0.387 e. The van der Waals surface area contributed by atoms with Gasteiger partial charge in [0, 0.05) is 10.7 Å². The highest BCUT2D eigenvalue weighted by Gasteiger charge is 2.30. The van der Waals surface area contributed by atoms with Crippen LogP contribution in [0.25, 0.3) is 0 Å². The van der Waals surface area contributed by atoms with Gasteiger partial charge in [0.05, 0.1) is 4.92 Å². The maximum absolute atomic E-state index is 13.5. The van der Waals surface area contributed by atoms with Crippen molar-refractivity contribution in [2.24, 2.45) is 0 Å². The number of hydrogen-bond donors (Lipinski definition) is 0. The van der Waals surface area contributed by atoms with E-state index >= 15 is 0 Å². The summed E-state index contributed by atoms with van der Waals surface area (Å²) < 4.78 is 62.8. The maximum Gasteiger partial charge on any atom is 0.387 e. The van der Waals surface area contributed by atoms with Crippen molar-refractivity contribution in [3.8, 4) is 5.75 Å². The Kier molecular flexibility index (Phi) is 4.02. The van der Waals surface area contributed by atoms with Gasteiger partial charge in [0.2, 0.25) is 11.6 Å². The number of hydrogen-bond acceptors (Lipinski definition) is 5. The molecule has 1 aromatic carbocycles. The Morgan fingerprint density at radius 1 is 1.39 bits per heavy atom. The van der Waals surface area contributed by atoms with E-state index in [1.165, 1.54) is 0 Å². The van der Waals surface area contributed by atoms with Crippen LogP contribution >= 0.6 is 10.7 Å². The van der Waals surface area contributed by atoms with Crippen LogP contribution in [0.5, 0.6) is 5.75 Å². The van der Waals surface area contributed by atoms with E-state index in [1.54, 1.807) is 0 Å². The van der Waals surface area contributed by atoms with E-state index in [0.717, 1.165) is 0 Å². The summed E-state index contributed by atoms with van der Waals surface area (Å²) in [4.78, 5) is 7.92. The van der Waals surface area contributed by atoms with Crippen molar-refractivity contribution < 1.29 is 31.2 Å². The quantitative estimate of drug-likeness (QED) is 0.484. The summed E-state index contributed by atoms with van der Waals surface area (Å²) in [6.45, 7) is -3.43. The molecule has 11 heteroatoms. The highest BCUT2D eigenvalue weighted by Crippen LogP contribution is 2.35. The predicted octanol–water partition coefficient (Wildman–Crippen LogP) is 2.26. The van der Waals surface area contributed by atoms with Crippen molar-refractivity contribution >= 4 is 25.4 Å². The number of nitro benzene ring substituents is 1. The number of ether oxygens (including phenoxy) is 1. The van der Waals surface area contributed by atoms with Gasteiger partial charge in [-0.2, -0.15) is 13.2 Å². The third kappa shape index (κ3) is 3.01. The largest absolute Gasteiger partial charge is 0.427 e. The summed E-state index contributed by atoms with van der Waals surface area (Å²) in [5.41, 5.74) is -1.53. The lowest BCUT2D eigenvalue weighted by molar-refractivity contribution is -0.389. The first-order chi connectivity index (χ1) is 8.14. The molecule has 0 aliphatic heterocycles. The number of nitro groups is 1. The van der Waals surface area contributed by atoms with E-state index < -0.39 is 42.7 Å². The lowest BCUT2D eigenvalue weighted by atomic mass is 10.3. The molecule has 18 heavy (non-hydrogen) atoms. The fraction of sp³-hybridized carbons (Fsp3) is 0.143. The van der Waals surface area contributed by atoms with Crippen molar-refractivity contribution in [2.75, 3.05) is 0 Å². The van der Waals surface area contributed by atoms with Crippen LogP contribution < -0.4 is 4.74 Å². The summed E-state index contributed by atoms with van der Waals surface area (Å²) >= 11 is 0. The van der Waals surface area contributed by atoms with Crippen LogP contribution in [0.1, 0.15) is 0 Å². The second-order valence-corrected chi connectivity index (χ2v) is 5.33. The molecule has 0 bridgehead atoms. The highest BCUT2D eigenvalue weighted by atomic mass is 35.7. The van der Waals surface area contributed by atoms with Gasteiger partial charge < -0.3 is 4.74 Å². The van der Waals surface area contributed by atoms with Gasteiger partial charge in [0.15, 0.2) is 0 Å². The Labute approximate surface area is 102 Å². The highest BCUT2D eigenvalue weighted by molar-refractivity contribution is 8.13. The van der Waals surface area contributed by atoms with Gasteiger partial charge in [-0.25, -0.2) is 8.42 Å². The molecule has 0 radical (unpaired) electrons. The van der Waals surface area contributed by atoms with Crippen LogP contribution in [0.2, 0.25) is 0 Å². The van der Waals surface area contributed by atoms with E-state index in [2.05, 4.69) is 4.74 Å². The van der Waals surface area contributed by atoms with Gasteiger partial charge in [0.25, 0.3) is 9.05 Å². The van der Waals surface area contributed by atoms with E-state index in [1.807, 2.05) is 0 Å². The van der Waals surface area contributed by atoms with Crippen molar-refractivity contribution in [3.05, 3.63) is 28.1 Å². The molecular formula is C7H3ClF3NO5S. The number of alkyl halides is 2. The number of benzene rings is 1. The summed E-state index contributed by atoms with van der Waals surface area (Å²) in [6, 6.07) is 1.00. The average Bonchev–Trinajstić information content (AvgIpc) is 2.13. The zero-order valence-electron chi connectivity index (χ0n) is 8.14. The molecule has 0 amide bonds. The third-order valence-corrected chi connectivity index (χ3v) is 3.04. The molecule has 0 unspecified atom stereocenters. The lowest BCUT2D eigenvalue weighted by Crippen LogP contribution is -2.08. The maximum atomic E-state index is 13.5. The number of halogens is 4. The molecule has 0 spiro atoms.